The molecule has 0 fully saturated rings. The van der Waals surface area contributed by atoms with Gasteiger partial charge in [-0.25, -0.2) is 14.6 Å². The predicted octanol–water partition coefficient (Wildman–Crippen LogP) is 6.66. The highest BCUT2D eigenvalue weighted by molar-refractivity contribution is 6.76. The van der Waals surface area contributed by atoms with Crippen LogP contribution in [0.5, 0.6) is 5.88 Å². The quantitative estimate of drug-likeness (QED) is 0.0639. The first-order chi connectivity index (χ1) is 21.3. The van der Waals surface area contributed by atoms with E-state index in [0.717, 1.165) is 64.2 Å². The SMILES string of the molecule is CNc1ncc(C#Cc2ccc3c(c2)nnn3COCC[Si](C)(C)C)c2cc(Nc3cccc(OCCCCCl)n3)ncc12. The molecule has 0 aliphatic rings. The topological polar surface area (TPSA) is 112 Å². The molecule has 0 aliphatic heterocycles. The lowest BCUT2D eigenvalue weighted by Crippen LogP contribution is -2.22. The highest BCUT2D eigenvalue weighted by Gasteiger charge is 2.13. The number of ether oxygens (including phenoxy) is 2. The fraction of sp³-hybridized carbons (Fsp3) is 0.344. The van der Waals surface area contributed by atoms with Gasteiger partial charge < -0.3 is 20.1 Å². The Morgan fingerprint density at radius 3 is 2.66 bits per heavy atom. The van der Waals surface area contributed by atoms with Crippen molar-refractivity contribution in [3.8, 4) is 17.7 Å². The second kappa shape index (κ2) is 14.5. The first-order valence-corrected chi connectivity index (χ1v) is 18.9. The summed E-state index contributed by atoms with van der Waals surface area (Å²) in [6.45, 7) is 8.69. The van der Waals surface area contributed by atoms with Crippen LogP contribution in [0.1, 0.15) is 24.0 Å². The van der Waals surface area contributed by atoms with Gasteiger partial charge in [0.15, 0.2) is 0 Å². The minimum Gasteiger partial charge on any atom is -0.478 e. The molecule has 10 nitrogen and oxygen atoms in total. The molecule has 5 rings (SSSR count). The monoisotopic (exact) mass is 628 g/mol. The van der Waals surface area contributed by atoms with Crippen molar-refractivity contribution >= 4 is 58.9 Å². The number of hydrogen-bond acceptors (Lipinski definition) is 9. The smallest absolute Gasteiger partial charge is 0.215 e. The van der Waals surface area contributed by atoms with Gasteiger partial charge in [-0.05, 0) is 49.2 Å². The molecule has 4 aromatic heterocycles. The average molecular weight is 629 g/mol. The maximum Gasteiger partial charge on any atom is 0.215 e. The van der Waals surface area contributed by atoms with Crippen molar-refractivity contribution in [3.05, 3.63) is 66.0 Å². The first-order valence-electron chi connectivity index (χ1n) is 14.7. The van der Waals surface area contributed by atoms with Crippen LogP contribution in [0.25, 0.3) is 21.8 Å². The molecule has 44 heavy (non-hydrogen) atoms. The van der Waals surface area contributed by atoms with Gasteiger partial charge in [-0.2, -0.15) is 4.98 Å². The maximum absolute atomic E-state index is 5.86. The van der Waals surface area contributed by atoms with E-state index in [4.69, 9.17) is 21.1 Å². The minimum atomic E-state index is -1.14. The molecule has 228 valence electrons. The first kappa shape index (κ1) is 31.2. The Bertz CT molecular complexity index is 1790. The van der Waals surface area contributed by atoms with Crippen LogP contribution in [0.4, 0.5) is 17.5 Å². The van der Waals surface area contributed by atoms with E-state index in [2.05, 4.69) is 67.4 Å². The zero-order chi connectivity index (χ0) is 30.9. The standard InChI is InChI=1S/C32H37ClN8O2Si/c1-34-32-26-21-35-30(37-29-8-7-9-31(38-29)43-15-6-5-14-33)19-25(26)24(20-36-32)12-10-23-11-13-28-27(18-23)39-40-41(28)22-42-16-17-44(2,3)4/h7-9,11,13,18-21H,5-6,14-17,22H2,1-4H3,(H,34,36)(H,35,37,38). The fourth-order valence-corrected chi connectivity index (χ4v) is 5.33. The molecule has 0 saturated carbocycles. The van der Waals surface area contributed by atoms with Crippen molar-refractivity contribution in [2.75, 3.05) is 36.8 Å². The van der Waals surface area contributed by atoms with Crippen LogP contribution in [-0.2, 0) is 11.5 Å². The molecule has 12 heteroatoms. The van der Waals surface area contributed by atoms with Gasteiger partial charge in [0.1, 0.15) is 29.7 Å². The number of nitrogens with zero attached hydrogens (tertiary/aromatic N) is 6. The lowest BCUT2D eigenvalue weighted by Gasteiger charge is -2.15. The lowest BCUT2D eigenvalue weighted by molar-refractivity contribution is 0.0803. The Kier molecular flexibility index (Phi) is 10.3. The van der Waals surface area contributed by atoms with E-state index in [0.29, 0.717) is 36.7 Å². The van der Waals surface area contributed by atoms with E-state index < -0.39 is 8.07 Å². The summed E-state index contributed by atoms with van der Waals surface area (Å²) in [5.41, 5.74) is 3.28. The summed E-state index contributed by atoms with van der Waals surface area (Å²) in [4.78, 5) is 13.7. The van der Waals surface area contributed by atoms with E-state index in [9.17, 15) is 0 Å². The number of hydrogen-bond donors (Lipinski definition) is 2. The highest BCUT2D eigenvalue weighted by atomic mass is 35.5. The number of benzene rings is 1. The number of nitrogens with one attached hydrogen (secondary N) is 2. The molecule has 4 heterocycles. The molecule has 0 spiro atoms. The molecule has 5 aromatic rings. The summed E-state index contributed by atoms with van der Waals surface area (Å²) in [6, 6.07) is 14.6. The Hall–Kier alpha value is -4.24. The normalized spacial score (nSPS) is 11.4. The molecular weight excluding hydrogens is 592 g/mol. The predicted molar refractivity (Wildman–Crippen MR) is 180 cm³/mol. The Morgan fingerprint density at radius 2 is 1.84 bits per heavy atom. The molecule has 0 unspecified atom stereocenters. The van der Waals surface area contributed by atoms with Gasteiger partial charge in [0.2, 0.25) is 5.88 Å². The van der Waals surface area contributed by atoms with Crippen LogP contribution in [0.15, 0.2) is 54.9 Å². The fourth-order valence-electron chi connectivity index (χ4n) is 4.39. The van der Waals surface area contributed by atoms with Gasteiger partial charge in [0.25, 0.3) is 0 Å². The molecule has 0 radical (unpaired) electrons. The van der Waals surface area contributed by atoms with Gasteiger partial charge in [-0.1, -0.05) is 42.8 Å². The van der Waals surface area contributed by atoms with Gasteiger partial charge in [-0.15, -0.1) is 16.7 Å². The van der Waals surface area contributed by atoms with Crippen LogP contribution in [0.2, 0.25) is 25.7 Å². The van der Waals surface area contributed by atoms with E-state index in [-0.39, 0.29) is 0 Å². The van der Waals surface area contributed by atoms with Crippen LogP contribution in [-0.4, -0.2) is 64.2 Å². The van der Waals surface area contributed by atoms with Crippen LogP contribution in [0, 0.1) is 11.8 Å². The molecule has 0 atom stereocenters. The summed E-state index contributed by atoms with van der Waals surface area (Å²) in [5.74, 6) is 9.72. The van der Waals surface area contributed by atoms with E-state index in [1.165, 1.54) is 0 Å². The van der Waals surface area contributed by atoms with Gasteiger partial charge in [0.05, 0.1) is 17.7 Å². The van der Waals surface area contributed by atoms with Gasteiger partial charge in [-0.3, -0.25) is 0 Å². The number of anilines is 3. The van der Waals surface area contributed by atoms with E-state index >= 15 is 0 Å². The molecule has 1 aromatic carbocycles. The van der Waals surface area contributed by atoms with Crippen molar-refractivity contribution in [2.24, 2.45) is 0 Å². The molecule has 0 saturated heterocycles. The summed E-state index contributed by atoms with van der Waals surface area (Å²) in [5, 5.41) is 16.8. The number of fused-ring (bicyclic) bond motifs is 2. The number of rotatable bonds is 13. The molecule has 0 amide bonds. The second-order valence-corrected chi connectivity index (χ2v) is 17.5. The third kappa shape index (κ3) is 8.22. The number of aromatic nitrogens is 6. The second-order valence-electron chi connectivity index (χ2n) is 11.5. The van der Waals surface area contributed by atoms with Gasteiger partial charge in [0, 0.05) is 62.4 Å². The third-order valence-electron chi connectivity index (χ3n) is 6.83. The van der Waals surface area contributed by atoms with E-state index in [1.54, 1.807) is 17.1 Å². The molecular formula is C32H37ClN8O2Si. The van der Waals surface area contributed by atoms with Crippen LogP contribution >= 0.6 is 11.6 Å². The zero-order valence-corrected chi connectivity index (χ0v) is 27.3. The van der Waals surface area contributed by atoms with Gasteiger partial charge >= 0.3 is 0 Å². The number of alkyl halides is 1. The summed E-state index contributed by atoms with van der Waals surface area (Å²) < 4.78 is 13.4. The van der Waals surface area contributed by atoms with Crippen molar-refractivity contribution in [1.29, 1.82) is 0 Å². The maximum atomic E-state index is 5.86. The molecule has 0 bridgehead atoms. The van der Waals surface area contributed by atoms with Crippen molar-refractivity contribution in [1.82, 2.24) is 29.9 Å². The van der Waals surface area contributed by atoms with Crippen molar-refractivity contribution in [2.45, 2.75) is 45.3 Å². The lowest BCUT2D eigenvalue weighted by atomic mass is 10.1. The third-order valence-corrected chi connectivity index (χ3v) is 8.80. The Balaban J connectivity index is 1.35. The molecule has 0 aliphatic carbocycles. The number of pyridine rings is 3. The van der Waals surface area contributed by atoms with E-state index in [1.807, 2.05) is 49.5 Å². The largest absolute Gasteiger partial charge is 0.478 e. The number of halogens is 1. The zero-order valence-electron chi connectivity index (χ0n) is 25.5. The van der Waals surface area contributed by atoms with Crippen molar-refractivity contribution in [3.63, 3.8) is 0 Å². The highest BCUT2D eigenvalue weighted by Crippen LogP contribution is 2.27. The average Bonchev–Trinajstić information content (AvgIpc) is 3.42. The van der Waals surface area contributed by atoms with Crippen LogP contribution < -0.4 is 15.4 Å². The van der Waals surface area contributed by atoms with Crippen molar-refractivity contribution < 1.29 is 9.47 Å². The Labute approximate surface area is 263 Å². The minimum absolute atomic E-state index is 0.382. The summed E-state index contributed by atoms with van der Waals surface area (Å²) in [7, 11) is 0.694. The Morgan fingerprint density at radius 1 is 0.955 bits per heavy atom. The summed E-state index contributed by atoms with van der Waals surface area (Å²) >= 11 is 5.76. The molecule has 2 N–H and O–H groups in total. The summed E-state index contributed by atoms with van der Waals surface area (Å²) in [6.07, 6.45) is 5.33. The number of unbranched alkanes of at least 4 members (excludes halogenated alkanes) is 1. The van der Waals surface area contributed by atoms with Crippen LogP contribution in [0.3, 0.4) is 0 Å².